The summed E-state index contributed by atoms with van der Waals surface area (Å²) in [6.07, 6.45) is -4.28. The number of nitrogens with zero attached hydrogens (tertiary/aromatic N) is 2. The molecule has 1 aliphatic heterocycles. The Balaban J connectivity index is 1.69. The van der Waals surface area contributed by atoms with E-state index in [1.807, 2.05) is 37.3 Å². The monoisotopic (exact) mass is 376 g/mol. The van der Waals surface area contributed by atoms with Crippen LogP contribution in [0.25, 0.3) is 0 Å². The minimum absolute atomic E-state index is 0.0314. The third-order valence-electron chi connectivity index (χ3n) is 4.44. The first kappa shape index (κ1) is 19.1. The average Bonchev–Trinajstić information content (AvgIpc) is 2.96. The van der Waals surface area contributed by atoms with Crippen LogP contribution < -0.4 is 0 Å². The van der Waals surface area contributed by atoms with Gasteiger partial charge in [-0.2, -0.15) is 0 Å². The number of rotatable bonds is 5. The number of halogens is 3. The van der Waals surface area contributed by atoms with Gasteiger partial charge in [-0.05, 0) is 30.0 Å². The van der Waals surface area contributed by atoms with Crippen LogP contribution in [0.5, 0.6) is 0 Å². The maximum atomic E-state index is 12.5. The molecule has 0 saturated carbocycles. The van der Waals surface area contributed by atoms with E-state index in [-0.39, 0.29) is 30.2 Å². The smallest absolute Gasteiger partial charge is 0.388 e. The van der Waals surface area contributed by atoms with Gasteiger partial charge in [0.05, 0.1) is 17.8 Å². The molecular formula is C20H19F3N2O2. The van der Waals surface area contributed by atoms with Gasteiger partial charge in [-0.25, -0.2) is 4.99 Å². The van der Waals surface area contributed by atoms with E-state index in [9.17, 15) is 18.0 Å². The molecule has 0 spiro atoms. The molecule has 2 aromatic rings. The molecule has 3 rings (SSSR count). The highest BCUT2D eigenvalue weighted by molar-refractivity contribution is 5.99. The number of carbonyl (C=O) groups excluding carboxylic acids is 1. The number of ketones is 1. The van der Waals surface area contributed by atoms with Crippen LogP contribution in [0, 0.1) is 6.92 Å². The van der Waals surface area contributed by atoms with Crippen molar-refractivity contribution < 1.29 is 22.7 Å². The van der Waals surface area contributed by atoms with Gasteiger partial charge in [-0.15, -0.1) is 13.2 Å². The largest absolute Gasteiger partial charge is 0.574 e. The van der Waals surface area contributed by atoms with Crippen molar-refractivity contribution in [1.82, 2.24) is 4.98 Å². The molecule has 0 radical (unpaired) electrons. The normalized spacial score (nSPS) is 14.5. The Labute approximate surface area is 155 Å². The van der Waals surface area contributed by atoms with Crippen molar-refractivity contribution in [1.29, 1.82) is 0 Å². The number of pyridine rings is 1. The summed E-state index contributed by atoms with van der Waals surface area (Å²) < 4.78 is 41.4. The van der Waals surface area contributed by atoms with E-state index >= 15 is 0 Å². The highest BCUT2D eigenvalue weighted by Gasteiger charge is 2.36. The van der Waals surface area contributed by atoms with Crippen molar-refractivity contribution in [2.75, 3.05) is 0 Å². The highest BCUT2D eigenvalue weighted by Crippen LogP contribution is 2.28. The molecule has 0 bridgehead atoms. The van der Waals surface area contributed by atoms with E-state index in [2.05, 4.69) is 14.7 Å². The molecule has 0 unspecified atom stereocenters. The van der Waals surface area contributed by atoms with Crippen LogP contribution in [0.2, 0.25) is 0 Å². The third kappa shape index (κ3) is 4.72. The number of aryl methyl sites for hydroxylation is 1. The van der Waals surface area contributed by atoms with Crippen molar-refractivity contribution in [3.8, 4) is 0 Å². The first-order valence-electron chi connectivity index (χ1n) is 8.59. The molecule has 0 aliphatic carbocycles. The number of aliphatic imine (C=N–C) groups is 1. The SMILES string of the molecule is Cc1nc(CC(=O)C[C@H](C)c2ccccc2)cc2c1C(OC(F)(F)F)=NC2. The first-order valence-corrected chi connectivity index (χ1v) is 8.59. The Hall–Kier alpha value is -2.70. The van der Waals surface area contributed by atoms with Gasteiger partial charge in [0.2, 0.25) is 5.90 Å². The van der Waals surface area contributed by atoms with Gasteiger partial charge >= 0.3 is 6.36 Å². The standard InChI is InChI=1S/C20H19F3N2O2/c1-12(14-6-4-3-5-7-14)8-17(26)10-16-9-15-11-24-19(27-20(21,22)23)18(15)13(2)25-16/h3-7,9,12H,8,10-11H2,1-2H3/t12-/m0/s1. The van der Waals surface area contributed by atoms with Gasteiger partial charge in [0.15, 0.2) is 0 Å². The lowest BCUT2D eigenvalue weighted by molar-refractivity contribution is -0.283. The summed E-state index contributed by atoms with van der Waals surface area (Å²) in [6.45, 7) is 3.68. The summed E-state index contributed by atoms with van der Waals surface area (Å²) in [4.78, 5) is 20.5. The maximum Gasteiger partial charge on any atom is 0.574 e. The van der Waals surface area contributed by atoms with Crippen LogP contribution in [0.1, 0.15) is 47.3 Å². The van der Waals surface area contributed by atoms with Gasteiger partial charge in [0.1, 0.15) is 5.78 Å². The molecule has 1 aromatic heterocycles. The fourth-order valence-corrected chi connectivity index (χ4v) is 3.26. The molecule has 1 atom stereocenters. The van der Waals surface area contributed by atoms with E-state index in [0.29, 0.717) is 23.4 Å². The van der Waals surface area contributed by atoms with Gasteiger partial charge in [0.25, 0.3) is 0 Å². The zero-order valence-electron chi connectivity index (χ0n) is 15.0. The molecule has 0 amide bonds. The van der Waals surface area contributed by atoms with Crippen LogP contribution in [0.4, 0.5) is 13.2 Å². The molecule has 0 fully saturated rings. The Kier molecular flexibility index (Phi) is 5.30. The molecular weight excluding hydrogens is 357 g/mol. The number of alkyl halides is 3. The maximum absolute atomic E-state index is 12.5. The molecule has 1 aliphatic rings. The van der Waals surface area contributed by atoms with E-state index in [0.717, 1.165) is 5.56 Å². The second-order valence-corrected chi connectivity index (χ2v) is 6.63. The topological polar surface area (TPSA) is 51.5 Å². The van der Waals surface area contributed by atoms with E-state index in [1.54, 1.807) is 13.0 Å². The first-order chi connectivity index (χ1) is 12.7. The van der Waals surface area contributed by atoms with Gasteiger partial charge in [0, 0.05) is 18.5 Å². The fourth-order valence-electron chi connectivity index (χ4n) is 3.26. The molecule has 0 saturated heterocycles. The Morgan fingerprint density at radius 1 is 1.26 bits per heavy atom. The van der Waals surface area contributed by atoms with Gasteiger partial charge in [-0.1, -0.05) is 37.3 Å². The lowest BCUT2D eigenvalue weighted by atomic mass is 9.94. The quantitative estimate of drug-likeness (QED) is 0.772. The lowest BCUT2D eigenvalue weighted by Crippen LogP contribution is -2.20. The third-order valence-corrected chi connectivity index (χ3v) is 4.44. The number of hydrogen-bond donors (Lipinski definition) is 0. The molecule has 27 heavy (non-hydrogen) atoms. The predicted octanol–water partition coefficient (Wildman–Crippen LogP) is 4.49. The fraction of sp³-hybridized carbons (Fsp3) is 0.350. The van der Waals surface area contributed by atoms with Crippen LogP contribution in [0.3, 0.4) is 0 Å². The lowest BCUT2D eigenvalue weighted by Gasteiger charge is -2.13. The van der Waals surface area contributed by atoms with Crippen LogP contribution in [-0.2, 0) is 22.5 Å². The molecule has 1 aromatic carbocycles. The highest BCUT2D eigenvalue weighted by atomic mass is 19.4. The van der Waals surface area contributed by atoms with Crippen molar-refractivity contribution in [2.24, 2.45) is 4.99 Å². The van der Waals surface area contributed by atoms with E-state index in [4.69, 9.17) is 0 Å². The molecule has 142 valence electrons. The number of Topliss-reactive ketones (excluding diaryl/α,β-unsaturated/α-hetero) is 1. The van der Waals surface area contributed by atoms with Crippen molar-refractivity contribution in [3.05, 3.63) is 64.5 Å². The predicted molar refractivity (Wildman–Crippen MR) is 94.5 cm³/mol. The summed E-state index contributed by atoms with van der Waals surface area (Å²) in [5.41, 5.74) is 2.87. The summed E-state index contributed by atoms with van der Waals surface area (Å²) in [5.74, 6) is -0.341. The number of ether oxygens (including phenoxy) is 1. The summed E-state index contributed by atoms with van der Waals surface area (Å²) >= 11 is 0. The van der Waals surface area contributed by atoms with Gasteiger partial charge < -0.3 is 4.74 Å². The number of benzene rings is 1. The number of fused-ring (bicyclic) bond motifs is 1. The van der Waals surface area contributed by atoms with Crippen LogP contribution >= 0.6 is 0 Å². The van der Waals surface area contributed by atoms with Crippen molar-refractivity contribution >= 4 is 11.7 Å². The summed E-state index contributed by atoms with van der Waals surface area (Å²) in [7, 11) is 0. The zero-order chi connectivity index (χ0) is 19.6. The van der Waals surface area contributed by atoms with Gasteiger partial charge in [-0.3, -0.25) is 9.78 Å². The molecule has 4 nitrogen and oxygen atoms in total. The number of hydrogen-bond acceptors (Lipinski definition) is 4. The Bertz CT molecular complexity index is 877. The van der Waals surface area contributed by atoms with Crippen molar-refractivity contribution in [2.45, 2.75) is 45.5 Å². The molecule has 2 heterocycles. The number of carbonyl (C=O) groups is 1. The second-order valence-electron chi connectivity index (χ2n) is 6.63. The van der Waals surface area contributed by atoms with E-state index < -0.39 is 12.3 Å². The van der Waals surface area contributed by atoms with Crippen molar-refractivity contribution in [3.63, 3.8) is 0 Å². The second kappa shape index (κ2) is 7.50. The van der Waals surface area contributed by atoms with Crippen LogP contribution in [-0.4, -0.2) is 23.0 Å². The summed E-state index contributed by atoms with van der Waals surface area (Å²) in [6, 6.07) is 11.4. The zero-order valence-corrected chi connectivity index (χ0v) is 15.0. The minimum Gasteiger partial charge on any atom is -0.388 e. The minimum atomic E-state index is -4.80. The number of aromatic nitrogens is 1. The Morgan fingerprint density at radius 3 is 2.63 bits per heavy atom. The molecule has 7 heteroatoms. The van der Waals surface area contributed by atoms with Crippen LogP contribution in [0.15, 0.2) is 41.4 Å². The average molecular weight is 376 g/mol. The molecule has 0 N–H and O–H groups in total. The van der Waals surface area contributed by atoms with E-state index in [1.165, 1.54) is 0 Å². The Morgan fingerprint density at radius 2 is 1.96 bits per heavy atom. The summed E-state index contributed by atoms with van der Waals surface area (Å²) in [5, 5.41) is 0.